The molecule has 4 aromatic rings. The topological polar surface area (TPSA) is 78.5 Å². The van der Waals surface area contributed by atoms with Crippen LogP contribution in [0.4, 0.5) is 5.69 Å². The SMILES string of the molecule is COCOc1ccc(/C(C(=O)Nc2ccc(OCCN(C)C)cc2)=C(\c2ccccc2)c2ccc(OCOC)cc2)cc1. The lowest BCUT2D eigenvalue weighted by molar-refractivity contribution is -0.111. The van der Waals surface area contributed by atoms with E-state index in [1.807, 2.05) is 117 Å². The second-order valence-corrected chi connectivity index (χ2v) is 9.90. The van der Waals surface area contributed by atoms with Crippen molar-refractivity contribution < 1.29 is 28.5 Å². The molecule has 0 bridgehead atoms. The summed E-state index contributed by atoms with van der Waals surface area (Å²) >= 11 is 0. The first-order chi connectivity index (χ1) is 21.0. The monoisotopic (exact) mass is 582 g/mol. The van der Waals surface area contributed by atoms with Crippen LogP contribution in [0.3, 0.4) is 0 Å². The lowest BCUT2D eigenvalue weighted by Crippen LogP contribution is -2.19. The van der Waals surface area contributed by atoms with Gasteiger partial charge in [0.25, 0.3) is 5.91 Å². The summed E-state index contributed by atoms with van der Waals surface area (Å²) in [4.78, 5) is 16.3. The minimum atomic E-state index is -0.259. The van der Waals surface area contributed by atoms with E-state index >= 15 is 0 Å². The molecule has 0 radical (unpaired) electrons. The van der Waals surface area contributed by atoms with Crippen molar-refractivity contribution in [3.05, 3.63) is 120 Å². The van der Waals surface area contributed by atoms with Gasteiger partial charge >= 0.3 is 0 Å². The van der Waals surface area contributed by atoms with Crippen molar-refractivity contribution in [3.63, 3.8) is 0 Å². The Morgan fingerprint density at radius 1 is 0.628 bits per heavy atom. The van der Waals surface area contributed by atoms with Crippen LogP contribution in [0.25, 0.3) is 11.1 Å². The third kappa shape index (κ3) is 9.18. The van der Waals surface area contributed by atoms with Crippen molar-refractivity contribution in [2.75, 3.05) is 60.4 Å². The van der Waals surface area contributed by atoms with Crippen LogP contribution >= 0.6 is 0 Å². The highest BCUT2D eigenvalue weighted by Crippen LogP contribution is 2.35. The zero-order valence-electron chi connectivity index (χ0n) is 25.0. The van der Waals surface area contributed by atoms with Crippen molar-refractivity contribution >= 4 is 22.7 Å². The van der Waals surface area contributed by atoms with Gasteiger partial charge in [0.1, 0.15) is 23.9 Å². The maximum absolute atomic E-state index is 14.2. The first-order valence-corrected chi connectivity index (χ1v) is 13.9. The van der Waals surface area contributed by atoms with Gasteiger partial charge in [-0.1, -0.05) is 54.6 Å². The van der Waals surface area contributed by atoms with Gasteiger partial charge in [-0.3, -0.25) is 4.79 Å². The van der Waals surface area contributed by atoms with Gasteiger partial charge in [0.2, 0.25) is 0 Å². The summed E-state index contributed by atoms with van der Waals surface area (Å²) in [5.74, 6) is 1.78. The van der Waals surface area contributed by atoms with Gasteiger partial charge in [0.05, 0.1) is 5.57 Å². The van der Waals surface area contributed by atoms with Gasteiger partial charge in [0.15, 0.2) is 13.6 Å². The third-order valence-corrected chi connectivity index (χ3v) is 6.43. The highest BCUT2D eigenvalue weighted by Gasteiger charge is 2.21. The fourth-order valence-corrected chi connectivity index (χ4v) is 4.31. The fraction of sp³-hybridized carbons (Fsp3) is 0.229. The lowest BCUT2D eigenvalue weighted by Gasteiger charge is -2.18. The molecule has 1 amide bonds. The van der Waals surface area contributed by atoms with E-state index < -0.39 is 0 Å². The molecule has 0 unspecified atom stereocenters. The second-order valence-electron chi connectivity index (χ2n) is 9.90. The highest BCUT2D eigenvalue weighted by atomic mass is 16.7. The van der Waals surface area contributed by atoms with Gasteiger partial charge in [-0.25, -0.2) is 0 Å². The number of ether oxygens (including phenoxy) is 5. The quantitative estimate of drug-likeness (QED) is 0.102. The van der Waals surface area contributed by atoms with Crippen molar-refractivity contribution in [1.82, 2.24) is 4.90 Å². The Bertz CT molecular complexity index is 1450. The van der Waals surface area contributed by atoms with Crippen LogP contribution in [0.1, 0.15) is 16.7 Å². The Kier molecular flexibility index (Phi) is 11.7. The average Bonchev–Trinajstić information content (AvgIpc) is 3.03. The van der Waals surface area contributed by atoms with Crippen molar-refractivity contribution in [3.8, 4) is 17.2 Å². The van der Waals surface area contributed by atoms with E-state index in [4.69, 9.17) is 23.7 Å². The maximum atomic E-state index is 14.2. The smallest absolute Gasteiger partial charge is 0.256 e. The molecule has 0 fully saturated rings. The van der Waals surface area contributed by atoms with Crippen LogP contribution in [-0.4, -0.2) is 65.9 Å². The summed E-state index contributed by atoms with van der Waals surface area (Å²) in [6, 6.07) is 32.3. The number of likely N-dealkylation sites (N-methyl/N-ethyl adjacent to an activating group) is 1. The zero-order valence-corrected chi connectivity index (χ0v) is 25.0. The van der Waals surface area contributed by atoms with Crippen LogP contribution in [0.15, 0.2) is 103 Å². The summed E-state index contributed by atoms with van der Waals surface area (Å²) in [6.45, 7) is 1.66. The van der Waals surface area contributed by atoms with Gasteiger partial charge < -0.3 is 33.9 Å². The van der Waals surface area contributed by atoms with E-state index in [2.05, 4.69) is 10.2 Å². The highest BCUT2D eigenvalue weighted by molar-refractivity contribution is 6.33. The van der Waals surface area contributed by atoms with Crippen molar-refractivity contribution in [2.45, 2.75) is 0 Å². The van der Waals surface area contributed by atoms with E-state index in [0.29, 0.717) is 29.4 Å². The summed E-state index contributed by atoms with van der Waals surface area (Å²) in [5, 5.41) is 3.10. The van der Waals surface area contributed by atoms with Crippen LogP contribution in [0.2, 0.25) is 0 Å². The van der Waals surface area contributed by atoms with E-state index in [9.17, 15) is 4.79 Å². The molecule has 8 heteroatoms. The molecule has 0 atom stereocenters. The molecule has 0 saturated carbocycles. The number of methoxy groups -OCH3 is 2. The number of hydrogen-bond acceptors (Lipinski definition) is 7. The molecule has 8 nitrogen and oxygen atoms in total. The predicted octanol–water partition coefficient (Wildman–Crippen LogP) is 6.19. The van der Waals surface area contributed by atoms with Crippen LogP contribution in [0.5, 0.6) is 17.2 Å². The minimum Gasteiger partial charge on any atom is -0.492 e. The maximum Gasteiger partial charge on any atom is 0.256 e. The largest absolute Gasteiger partial charge is 0.492 e. The molecule has 4 aromatic carbocycles. The molecule has 0 heterocycles. The number of anilines is 1. The number of rotatable bonds is 15. The summed E-state index contributed by atoms with van der Waals surface area (Å²) in [5.41, 5.74) is 4.39. The normalized spacial score (nSPS) is 11.6. The van der Waals surface area contributed by atoms with E-state index in [0.717, 1.165) is 34.6 Å². The fourth-order valence-electron chi connectivity index (χ4n) is 4.31. The molecule has 0 spiro atoms. The van der Waals surface area contributed by atoms with E-state index in [1.54, 1.807) is 14.2 Å². The van der Waals surface area contributed by atoms with Gasteiger partial charge in [-0.2, -0.15) is 0 Å². The molecule has 0 aliphatic heterocycles. The average molecular weight is 583 g/mol. The molecule has 0 saturated heterocycles. The molecular weight excluding hydrogens is 544 g/mol. The van der Waals surface area contributed by atoms with E-state index in [1.165, 1.54) is 0 Å². The van der Waals surface area contributed by atoms with Gasteiger partial charge in [-0.05, 0) is 79.3 Å². The number of carbonyl (C=O) groups is 1. The molecule has 0 aliphatic rings. The minimum absolute atomic E-state index is 0.129. The first kappa shape index (κ1) is 31.3. The Morgan fingerprint density at radius 2 is 1.12 bits per heavy atom. The molecule has 43 heavy (non-hydrogen) atoms. The molecule has 224 valence electrons. The number of benzene rings is 4. The van der Waals surface area contributed by atoms with Gasteiger partial charge in [0, 0.05) is 32.0 Å². The van der Waals surface area contributed by atoms with Crippen LogP contribution in [-0.2, 0) is 14.3 Å². The van der Waals surface area contributed by atoms with Crippen molar-refractivity contribution in [1.29, 1.82) is 0 Å². The summed E-state index contributed by atoms with van der Waals surface area (Å²) in [7, 11) is 7.15. The molecule has 4 rings (SSSR count). The first-order valence-electron chi connectivity index (χ1n) is 13.9. The Morgan fingerprint density at radius 3 is 1.65 bits per heavy atom. The molecule has 0 aromatic heterocycles. The Hall–Kier alpha value is -4.63. The van der Waals surface area contributed by atoms with E-state index in [-0.39, 0.29) is 19.5 Å². The Labute approximate surface area is 253 Å². The number of nitrogens with zero attached hydrogens (tertiary/aromatic N) is 1. The Balaban J connectivity index is 1.75. The molecule has 0 aliphatic carbocycles. The zero-order chi connectivity index (χ0) is 30.4. The summed E-state index contributed by atoms with van der Waals surface area (Å²) < 4.78 is 27.1. The standard InChI is InChI=1S/C35H38N2O6/c1-37(2)22-23-41-30-20-14-29(15-21-30)36-35(38)34(28-12-18-32(19-13-28)43-25-40-4)33(26-8-6-5-7-9-26)27-10-16-31(17-11-27)42-24-39-3/h5-21H,22-25H2,1-4H3,(H,36,38)/b34-33-. The lowest BCUT2D eigenvalue weighted by atomic mass is 9.89. The van der Waals surface area contributed by atoms with Crippen LogP contribution in [0, 0.1) is 0 Å². The number of nitrogens with one attached hydrogen (secondary N) is 1. The molecule has 1 N–H and O–H groups in total. The number of hydrogen-bond donors (Lipinski definition) is 1. The second kappa shape index (κ2) is 16.1. The van der Waals surface area contributed by atoms with Crippen molar-refractivity contribution in [2.24, 2.45) is 0 Å². The van der Waals surface area contributed by atoms with Crippen LogP contribution < -0.4 is 19.5 Å². The third-order valence-electron chi connectivity index (χ3n) is 6.43. The predicted molar refractivity (Wildman–Crippen MR) is 169 cm³/mol. The summed E-state index contributed by atoms with van der Waals surface area (Å²) in [6.07, 6.45) is 0. The number of amides is 1. The van der Waals surface area contributed by atoms with Gasteiger partial charge in [-0.15, -0.1) is 0 Å². The molecular formula is C35H38N2O6. The number of carbonyl (C=O) groups excluding carboxylic acids is 1.